The smallest absolute Gasteiger partial charge is 0.203 e. The highest BCUT2D eigenvalue weighted by Crippen LogP contribution is 2.41. The Balaban J connectivity index is 2.19. The van der Waals surface area contributed by atoms with Gasteiger partial charge in [-0.2, -0.15) is 0 Å². The molecule has 0 aliphatic carbocycles. The summed E-state index contributed by atoms with van der Waals surface area (Å²) in [6.45, 7) is 0.378. The zero-order valence-corrected chi connectivity index (χ0v) is 12.9. The molecule has 0 aliphatic rings. The Hall–Kier alpha value is -1.66. The minimum absolute atomic E-state index is 0.378. The fourth-order valence-corrected chi connectivity index (χ4v) is 2.54. The van der Waals surface area contributed by atoms with Gasteiger partial charge in [0.1, 0.15) is 12.4 Å². The van der Waals surface area contributed by atoms with Gasteiger partial charge in [-0.3, -0.25) is 0 Å². The second-order valence-corrected chi connectivity index (χ2v) is 5.43. The van der Waals surface area contributed by atoms with Crippen molar-refractivity contribution in [3.05, 3.63) is 27.7 Å². The fraction of sp³-hybridized carbons (Fsp3) is 0.308. The first-order valence-corrected chi connectivity index (χ1v) is 6.90. The lowest BCUT2D eigenvalue weighted by atomic mass is 10.2. The molecule has 0 bridgehead atoms. The lowest BCUT2D eigenvalue weighted by Gasteiger charge is -2.14. The highest BCUT2D eigenvalue weighted by atomic mass is 35.5. The van der Waals surface area contributed by atoms with Gasteiger partial charge >= 0.3 is 0 Å². The molecule has 20 heavy (non-hydrogen) atoms. The van der Waals surface area contributed by atoms with Crippen molar-refractivity contribution in [1.29, 1.82) is 0 Å². The molecule has 2 rings (SSSR count). The van der Waals surface area contributed by atoms with Crippen LogP contribution >= 0.6 is 22.9 Å². The number of methoxy groups -OCH3 is 3. The third-order valence-corrected chi connectivity index (χ3v) is 3.63. The molecule has 0 saturated heterocycles. The molecule has 7 heteroatoms. The summed E-state index contributed by atoms with van der Waals surface area (Å²) in [5, 5.41) is 0. The number of rotatable bonds is 6. The van der Waals surface area contributed by atoms with Crippen molar-refractivity contribution >= 4 is 22.9 Å². The molecule has 0 amide bonds. The molecule has 2 aromatic rings. The highest BCUT2D eigenvalue weighted by molar-refractivity contribution is 7.15. The van der Waals surface area contributed by atoms with Gasteiger partial charge in [-0.15, -0.1) is 11.3 Å². The molecular formula is C13H14ClNO4S. The molecule has 0 spiro atoms. The van der Waals surface area contributed by atoms with E-state index < -0.39 is 0 Å². The van der Waals surface area contributed by atoms with E-state index in [0.717, 1.165) is 4.88 Å². The summed E-state index contributed by atoms with van der Waals surface area (Å²) in [5.41, 5.74) is 0. The summed E-state index contributed by atoms with van der Waals surface area (Å²) in [4.78, 5) is 4.89. The first-order valence-electron chi connectivity index (χ1n) is 5.71. The number of halogens is 1. The third-order valence-electron chi connectivity index (χ3n) is 2.54. The predicted molar refractivity (Wildman–Crippen MR) is 77.6 cm³/mol. The van der Waals surface area contributed by atoms with Crippen LogP contribution in [0.3, 0.4) is 0 Å². The first kappa shape index (κ1) is 14.7. The van der Waals surface area contributed by atoms with Crippen LogP contribution in [-0.4, -0.2) is 26.3 Å². The molecule has 1 aromatic carbocycles. The van der Waals surface area contributed by atoms with E-state index in [1.807, 2.05) is 0 Å². The Kier molecular flexibility index (Phi) is 4.92. The van der Waals surface area contributed by atoms with Crippen molar-refractivity contribution in [3.63, 3.8) is 0 Å². The minimum atomic E-state index is 0.378. The van der Waals surface area contributed by atoms with Gasteiger partial charge in [-0.05, 0) is 0 Å². The molecule has 0 aliphatic heterocycles. The van der Waals surface area contributed by atoms with Gasteiger partial charge < -0.3 is 18.9 Å². The van der Waals surface area contributed by atoms with E-state index in [-0.39, 0.29) is 0 Å². The second-order valence-electron chi connectivity index (χ2n) is 3.73. The number of nitrogens with zero attached hydrogens (tertiary/aromatic N) is 1. The number of benzene rings is 1. The Labute approximate surface area is 126 Å². The number of hydrogen-bond donors (Lipinski definition) is 0. The maximum atomic E-state index is 5.77. The van der Waals surface area contributed by atoms with Crippen molar-refractivity contribution < 1.29 is 18.9 Å². The third kappa shape index (κ3) is 3.26. The Morgan fingerprint density at radius 2 is 1.75 bits per heavy atom. The van der Waals surface area contributed by atoms with Crippen molar-refractivity contribution in [2.45, 2.75) is 6.61 Å². The van der Waals surface area contributed by atoms with Gasteiger partial charge in [0, 0.05) is 18.3 Å². The monoisotopic (exact) mass is 315 g/mol. The van der Waals surface area contributed by atoms with E-state index in [0.29, 0.717) is 34.1 Å². The summed E-state index contributed by atoms with van der Waals surface area (Å²) in [7, 11) is 4.67. The van der Waals surface area contributed by atoms with Gasteiger partial charge in [0.2, 0.25) is 5.75 Å². The van der Waals surface area contributed by atoms with E-state index in [9.17, 15) is 0 Å². The summed E-state index contributed by atoms with van der Waals surface area (Å²) in [6, 6.07) is 3.48. The van der Waals surface area contributed by atoms with E-state index >= 15 is 0 Å². The average molecular weight is 316 g/mol. The van der Waals surface area contributed by atoms with Gasteiger partial charge in [0.15, 0.2) is 16.0 Å². The van der Waals surface area contributed by atoms with Gasteiger partial charge in [0.05, 0.1) is 26.2 Å². The van der Waals surface area contributed by atoms with Gasteiger partial charge in [-0.1, -0.05) is 11.6 Å². The summed E-state index contributed by atoms with van der Waals surface area (Å²) < 4.78 is 21.9. The first-order chi connectivity index (χ1) is 9.67. The van der Waals surface area contributed by atoms with Crippen LogP contribution in [0.2, 0.25) is 4.47 Å². The lowest BCUT2D eigenvalue weighted by Crippen LogP contribution is -1.98. The van der Waals surface area contributed by atoms with Crippen LogP contribution in [0.4, 0.5) is 0 Å². The average Bonchev–Trinajstić information content (AvgIpc) is 2.89. The Morgan fingerprint density at radius 3 is 2.20 bits per heavy atom. The van der Waals surface area contributed by atoms with Crippen LogP contribution < -0.4 is 18.9 Å². The fourth-order valence-electron chi connectivity index (χ4n) is 1.65. The SMILES string of the molecule is COc1cc(OCc2cnc(Cl)s2)cc(OC)c1OC. The molecule has 0 atom stereocenters. The lowest BCUT2D eigenvalue weighted by molar-refractivity contribution is 0.293. The molecular weight excluding hydrogens is 302 g/mol. The Morgan fingerprint density at radius 1 is 1.10 bits per heavy atom. The predicted octanol–water partition coefficient (Wildman–Crippen LogP) is 3.40. The second kappa shape index (κ2) is 6.67. The molecule has 0 N–H and O–H groups in total. The van der Waals surface area contributed by atoms with Gasteiger partial charge in [0.25, 0.3) is 0 Å². The molecule has 0 unspecified atom stereocenters. The van der Waals surface area contributed by atoms with Crippen molar-refractivity contribution in [2.75, 3.05) is 21.3 Å². The molecule has 1 heterocycles. The molecule has 5 nitrogen and oxygen atoms in total. The molecule has 1 aromatic heterocycles. The van der Waals surface area contributed by atoms with Crippen LogP contribution in [0, 0.1) is 0 Å². The van der Waals surface area contributed by atoms with Crippen molar-refractivity contribution in [2.24, 2.45) is 0 Å². The maximum Gasteiger partial charge on any atom is 0.203 e. The molecule has 0 radical (unpaired) electrons. The van der Waals surface area contributed by atoms with E-state index in [1.54, 1.807) is 39.7 Å². The van der Waals surface area contributed by atoms with E-state index in [1.165, 1.54) is 11.3 Å². The maximum absolute atomic E-state index is 5.77. The number of hydrogen-bond acceptors (Lipinski definition) is 6. The highest BCUT2D eigenvalue weighted by Gasteiger charge is 2.14. The summed E-state index contributed by atoms with van der Waals surface area (Å²) in [5.74, 6) is 2.24. The normalized spacial score (nSPS) is 10.2. The number of ether oxygens (including phenoxy) is 4. The van der Waals surface area contributed by atoms with Crippen LogP contribution in [-0.2, 0) is 6.61 Å². The molecule has 0 fully saturated rings. The van der Waals surface area contributed by atoms with E-state index in [4.69, 9.17) is 30.5 Å². The zero-order valence-electron chi connectivity index (χ0n) is 11.3. The van der Waals surface area contributed by atoms with Crippen LogP contribution in [0.1, 0.15) is 4.88 Å². The Bertz CT molecular complexity index is 562. The summed E-state index contributed by atoms with van der Waals surface area (Å²) >= 11 is 7.15. The van der Waals surface area contributed by atoms with Crippen LogP contribution in [0.5, 0.6) is 23.0 Å². The zero-order chi connectivity index (χ0) is 14.5. The largest absolute Gasteiger partial charge is 0.493 e. The quantitative estimate of drug-likeness (QED) is 0.817. The molecule has 0 saturated carbocycles. The van der Waals surface area contributed by atoms with Crippen molar-refractivity contribution in [3.8, 4) is 23.0 Å². The summed E-state index contributed by atoms with van der Waals surface area (Å²) in [6.07, 6.45) is 1.69. The van der Waals surface area contributed by atoms with E-state index in [2.05, 4.69) is 4.98 Å². The van der Waals surface area contributed by atoms with Crippen molar-refractivity contribution in [1.82, 2.24) is 4.98 Å². The minimum Gasteiger partial charge on any atom is -0.493 e. The van der Waals surface area contributed by atoms with Gasteiger partial charge in [-0.25, -0.2) is 4.98 Å². The topological polar surface area (TPSA) is 49.8 Å². The standard InChI is InChI=1S/C13H14ClNO4S/c1-16-10-4-8(5-11(17-2)12(10)18-3)19-7-9-6-15-13(14)20-9/h4-6H,7H2,1-3H3. The van der Waals surface area contributed by atoms with Crippen LogP contribution in [0.15, 0.2) is 18.3 Å². The van der Waals surface area contributed by atoms with Crippen LogP contribution in [0.25, 0.3) is 0 Å². The molecule has 108 valence electrons. The number of thiazole rings is 1. The number of aromatic nitrogens is 1.